The molecule has 0 saturated heterocycles. The lowest BCUT2D eigenvalue weighted by Crippen LogP contribution is -2.18. The second-order valence-corrected chi connectivity index (χ2v) is 5.02. The molecule has 0 radical (unpaired) electrons. The fourth-order valence-electron chi connectivity index (χ4n) is 2.23. The standard InChI is InChI=1S/C11H23N/c1-11(2)7-4-5-10(6-8-11)9-12-3/h10,12H,4-9H2,1-3H3. The molecule has 0 aromatic heterocycles. The zero-order chi connectivity index (χ0) is 9.03. The lowest BCUT2D eigenvalue weighted by atomic mass is 9.85. The Morgan fingerprint density at radius 2 is 2.00 bits per heavy atom. The molecular weight excluding hydrogens is 146 g/mol. The predicted molar refractivity (Wildman–Crippen MR) is 54.3 cm³/mol. The lowest BCUT2D eigenvalue weighted by molar-refractivity contribution is 0.307. The molecule has 0 spiro atoms. The highest BCUT2D eigenvalue weighted by Gasteiger charge is 2.23. The van der Waals surface area contributed by atoms with Gasteiger partial charge in [0.2, 0.25) is 0 Å². The van der Waals surface area contributed by atoms with Crippen molar-refractivity contribution < 1.29 is 0 Å². The first kappa shape index (κ1) is 10.0. The van der Waals surface area contributed by atoms with Crippen LogP contribution in [-0.2, 0) is 0 Å². The van der Waals surface area contributed by atoms with Gasteiger partial charge in [-0.2, -0.15) is 0 Å². The SMILES string of the molecule is CNCC1CCCC(C)(C)CC1. The Morgan fingerprint density at radius 1 is 1.25 bits per heavy atom. The van der Waals surface area contributed by atoms with Gasteiger partial charge < -0.3 is 5.32 Å². The quantitative estimate of drug-likeness (QED) is 0.627. The van der Waals surface area contributed by atoms with E-state index in [1.54, 1.807) is 0 Å². The molecule has 0 aliphatic heterocycles. The van der Waals surface area contributed by atoms with Crippen LogP contribution in [0.2, 0.25) is 0 Å². The maximum atomic E-state index is 3.29. The van der Waals surface area contributed by atoms with Gasteiger partial charge in [-0.25, -0.2) is 0 Å². The van der Waals surface area contributed by atoms with Crippen LogP contribution in [0.4, 0.5) is 0 Å². The molecule has 1 unspecified atom stereocenters. The normalized spacial score (nSPS) is 29.8. The smallest absolute Gasteiger partial charge is 0.00235 e. The molecule has 1 heteroatoms. The summed E-state index contributed by atoms with van der Waals surface area (Å²) in [6.07, 6.45) is 7.13. The van der Waals surface area contributed by atoms with Gasteiger partial charge in [0.15, 0.2) is 0 Å². The summed E-state index contributed by atoms with van der Waals surface area (Å²) < 4.78 is 0. The van der Waals surface area contributed by atoms with Crippen LogP contribution < -0.4 is 5.32 Å². The van der Waals surface area contributed by atoms with Crippen LogP contribution in [-0.4, -0.2) is 13.6 Å². The van der Waals surface area contributed by atoms with E-state index in [1.165, 1.54) is 38.6 Å². The minimum absolute atomic E-state index is 0.614. The summed E-state index contributed by atoms with van der Waals surface area (Å²) in [6.45, 7) is 6.04. The van der Waals surface area contributed by atoms with Crippen molar-refractivity contribution >= 4 is 0 Å². The Hall–Kier alpha value is -0.0400. The van der Waals surface area contributed by atoms with E-state index in [1.807, 2.05) is 0 Å². The minimum Gasteiger partial charge on any atom is -0.319 e. The first-order chi connectivity index (χ1) is 5.64. The van der Waals surface area contributed by atoms with Crippen molar-refractivity contribution in [2.24, 2.45) is 11.3 Å². The molecule has 0 aromatic rings. The third kappa shape index (κ3) is 3.14. The van der Waals surface area contributed by atoms with E-state index in [-0.39, 0.29) is 0 Å². The average molecular weight is 169 g/mol. The summed E-state index contributed by atoms with van der Waals surface area (Å²) in [5.74, 6) is 0.941. The summed E-state index contributed by atoms with van der Waals surface area (Å²) in [5, 5.41) is 3.29. The van der Waals surface area contributed by atoms with E-state index in [4.69, 9.17) is 0 Å². The molecular formula is C11H23N. The molecule has 12 heavy (non-hydrogen) atoms. The van der Waals surface area contributed by atoms with Crippen molar-refractivity contribution in [2.75, 3.05) is 13.6 Å². The summed E-state index contributed by atoms with van der Waals surface area (Å²) in [4.78, 5) is 0. The summed E-state index contributed by atoms with van der Waals surface area (Å²) in [5.41, 5.74) is 0.614. The molecule has 1 atom stereocenters. The summed E-state index contributed by atoms with van der Waals surface area (Å²) in [7, 11) is 2.07. The number of nitrogens with one attached hydrogen (secondary N) is 1. The van der Waals surface area contributed by atoms with Crippen molar-refractivity contribution in [3.63, 3.8) is 0 Å². The van der Waals surface area contributed by atoms with Crippen molar-refractivity contribution in [1.29, 1.82) is 0 Å². The fraction of sp³-hybridized carbons (Fsp3) is 1.00. The first-order valence-corrected chi connectivity index (χ1v) is 5.29. The molecule has 1 aliphatic rings. The molecule has 1 rings (SSSR count). The molecule has 72 valence electrons. The lowest BCUT2D eigenvalue weighted by Gasteiger charge is -2.21. The average Bonchev–Trinajstić information content (AvgIpc) is 2.14. The van der Waals surface area contributed by atoms with E-state index in [0.717, 1.165) is 5.92 Å². The fourth-order valence-corrected chi connectivity index (χ4v) is 2.23. The zero-order valence-corrected chi connectivity index (χ0v) is 8.82. The van der Waals surface area contributed by atoms with Crippen LogP contribution in [0, 0.1) is 11.3 Å². The molecule has 1 saturated carbocycles. The van der Waals surface area contributed by atoms with Gasteiger partial charge in [-0.05, 0) is 50.6 Å². The van der Waals surface area contributed by atoms with Gasteiger partial charge in [-0.1, -0.05) is 20.3 Å². The molecule has 0 amide bonds. The Bertz CT molecular complexity index is 129. The highest BCUT2D eigenvalue weighted by Crippen LogP contribution is 2.35. The van der Waals surface area contributed by atoms with Gasteiger partial charge in [0.05, 0.1) is 0 Å². The Labute approximate surface area is 76.9 Å². The second-order valence-electron chi connectivity index (χ2n) is 5.02. The molecule has 1 nitrogen and oxygen atoms in total. The Kier molecular flexibility index (Phi) is 3.57. The maximum absolute atomic E-state index is 3.29. The van der Waals surface area contributed by atoms with Crippen LogP contribution in [0.5, 0.6) is 0 Å². The topological polar surface area (TPSA) is 12.0 Å². The largest absolute Gasteiger partial charge is 0.319 e. The van der Waals surface area contributed by atoms with E-state index in [2.05, 4.69) is 26.2 Å². The number of hydrogen-bond donors (Lipinski definition) is 1. The predicted octanol–water partition coefficient (Wildman–Crippen LogP) is 2.81. The zero-order valence-electron chi connectivity index (χ0n) is 8.82. The van der Waals surface area contributed by atoms with Crippen LogP contribution in [0.25, 0.3) is 0 Å². The molecule has 0 bridgehead atoms. The Balaban J connectivity index is 2.34. The van der Waals surface area contributed by atoms with Gasteiger partial charge in [0, 0.05) is 0 Å². The molecule has 1 fully saturated rings. The van der Waals surface area contributed by atoms with Gasteiger partial charge in [-0.3, -0.25) is 0 Å². The van der Waals surface area contributed by atoms with Crippen molar-refractivity contribution in [3.8, 4) is 0 Å². The van der Waals surface area contributed by atoms with E-state index in [9.17, 15) is 0 Å². The molecule has 1 N–H and O–H groups in total. The van der Waals surface area contributed by atoms with Gasteiger partial charge >= 0.3 is 0 Å². The molecule has 0 heterocycles. The number of hydrogen-bond acceptors (Lipinski definition) is 1. The minimum atomic E-state index is 0.614. The monoisotopic (exact) mass is 169 g/mol. The first-order valence-electron chi connectivity index (χ1n) is 5.29. The number of rotatable bonds is 2. The van der Waals surface area contributed by atoms with Gasteiger partial charge in [0.25, 0.3) is 0 Å². The van der Waals surface area contributed by atoms with E-state index >= 15 is 0 Å². The highest BCUT2D eigenvalue weighted by molar-refractivity contribution is 4.76. The Morgan fingerprint density at radius 3 is 2.67 bits per heavy atom. The van der Waals surface area contributed by atoms with Crippen molar-refractivity contribution in [1.82, 2.24) is 5.32 Å². The summed E-state index contributed by atoms with van der Waals surface area (Å²) >= 11 is 0. The van der Waals surface area contributed by atoms with Crippen LogP contribution in [0.15, 0.2) is 0 Å². The third-order valence-electron chi connectivity index (χ3n) is 3.19. The van der Waals surface area contributed by atoms with Gasteiger partial charge in [-0.15, -0.1) is 0 Å². The molecule has 1 aliphatic carbocycles. The van der Waals surface area contributed by atoms with Crippen LogP contribution >= 0.6 is 0 Å². The third-order valence-corrected chi connectivity index (χ3v) is 3.19. The second kappa shape index (κ2) is 4.27. The molecule has 0 aromatic carbocycles. The van der Waals surface area contributed by atoms with Crippen LogP contribution in [0.3, 0.4) is 0 Å². The highest BCUT2D eigenvalue weighted by atomic mass is 14.8. The van der Waals surface area contributed by atoms with E-state index < -0.39 is 0 Å². The van der Waals surface area contributed by atoms with Crippen LogP contribution in [0.1, 0.15) is 46.0 Å². The van der Waals surface area contributed by atoms with E-state index in [0.29, 0.717) is 5.41 Å². The maximum Gasteiger partial charge on any atom is -0.00235 e. The van der Waals surface area contributed by atoms with Crippen molar-refractivity contribution in [2.45, 2.75) is 46.0 Å². The summed E-state index contributed by atoms with van der Waals surface area (Å²) in [6, 6.07) is 0. The van der Waals surface area contributed by atoms with Gasteiger partial charge in [0.1, 0.15) is 0 Å². The van der Waals surface area contributed by atoms with Crippen molar-refractivity contribution in [3.05, 3.63) is 0 Å².